The predicted octanol–water partition coefficient (Wildman–Crippen LogP) is 0.751. The van der Waals surface area contributed by atoms with Crippen molar-refractivity contribution < 1.29 is 4.79 Å². The molecular formula is C14H25N3O. The molecule has 2 unspecified atom stereocenters. The first-order chi connectivity index (χ1) is 8.70. The molecule has 18 heavy (non-hydrogen) atoms. The van der Waals surface area contributed by atoms with Gasteiger partial charge in [-0.15, -0.1) is 6.58 Å². The number of rotatable bonds is 7. The Balaban J connectivity index is 1.62. The van der Waals surface area contributed by atoms with E-state index in [2.05, 4.69) is 22.1 Å². The van der Waals surface area contributed by atoms with Crippen molar-refractivity contribution in [3.8, 4) is 0 Å². The summed E-state index contributed by atoms with van der Waals surface area (Å²) in [4.78, 5) is 14.3. The van der Waals surface area contributed by atoms with Gasteiger partial charge in [-0.25, -0.2) is 0 Å². The average molecular weight is 251 g/mol. The molecule has 0 aromatic rings. The number of nitrogens with one attached hydrogen (secondary N) is 2. The predicted molar refractivity (Wildman–Crippen MR) is 73.4 cm³/mol. The summed E-state index contributed by atoms with van der Waals surface area (Å²) in [6.45, 7) is 9.46. The molecule has 2 N–H and O–H groups in total. The molecule has 2 fully saturated rings. The van der Waals surface area contributed by atoms with Crippen molar-refractivity contribution in [1.82, 2.24) is 15.5 Å². The van der Waals surface area contributed by atoms with Gasteiger partial charge in [0.25, 0.3) is 0 Å². The molecule has 1 amide bonds. The van der Waals surface area contributed by atoms with E-state index in [1.54, 1.807) is 6.08 Å². The first-order valence-electron chi connectivity index (χ1n) is 7.06. The maximum Gasteiger partial charge on any atom is 0.237 e. The summed E-state index contributed by atoms with van der Waals surface area (Å²) in [6.07, 6.45) is 5.75. The van der Waals surface area contributed by atoms with E-state index >= 15 is 0 Å². The lowest BCUT2D eigenvalue weighted by Gasteiger charge is -2.18. The van der Waals surface area contributed by atoms with Crippen molar-refractivity contribution in [1.29, 1.82) is 0 Å². The van der Waals surface area contributed by atoms with E-state index in [9.17, 15) is 4.79 Å². The van der Waals surface area contributed by atoms with Crippen molar-refractivity contribution in [3.05, 3.63) is 12.7 Å². The highest BCUT2D eigenvalue weighted by Crippen LogP contribution is 2.31. The third kappa shape index (κ3) is 3.82. The Kier molecular flexibility index (Phi) is 4.78. The molecule has 1 heterocycles. The Bertz CT molecular complexity index is 301. The van der Waals surface area contributed by atoms with Crippen LogP contribution < -0.4 is 10.6 Å². The summed E-state index contributed by atoms with van der Waals surface area (Å²) >= 11 is 0. The number of nitrogens with zero attached hydrogens (tertiary/aromatic N) is 1. The fourth-order valence-electron chi connectivity index (χ4n) is 2.56. The van der Waals surface area contributed by atoms with E-state index in [1.165, 1.54) is 32.4 Å². The Morgan fingerprint density at radius 2 is 2.28 bits per heavy atom. The molecule has 0 aromatic heterocycles. The number of amides is 1. The van der Waals surface area contributed by atoms with Gasteiger partial charge >= 0.3 is 0 Å². The quantitative estimate of drug-likeness (QED) is 0.656. The third-order valence-electron chi connectivity index (χ3n) is 3.91. The van der Waals surface area contributed by atoms with Crippen LogP contribution >= 0.6 is 0 Å². The number of likely N-dealkylation sites (tertiary alicyclic amines) is 1. The van der Waals surface area contributed by atoms with E-state index in [1.807, 2.05) is 6.92 Å². The van der Waals surface area contributed by atoms with E-state index < -0.39 is 0 Å². The van der Waals surface area contributed by atoms with Gasteiger partial charge in [0.15, 0.2) is 0 Å². The second-order valence-corrected chi connectivity index (χ2v) is 5.54. The lowest BCUT2D eigenvalue weighted by molar-refractivity contribution is -0.122. The largest absolute Gasteiger partial charge is 0.351 e. The Morgan fingerprint density at radius 3 is 2.94 bits per heavy atom. The zero-order chi connectivity index (χ0) is 13.0. The molecule has 0 aromatic carbocycles. The van der Waals surface area contributed by atoms with E-state index in [0.717, 1.165) is 12.6 Å². The monoisotopic (exact) mass is 251 g/mol. The van der Waals surface area contributed by atoms with Gasteiger partial charge in [-0.05, 0) is 45.2 Å². The van der Waals surface area contributed by atoms with Crippen molar-refractivity contribution >= 4 is 5.91 Å². The van der Waals surface area contributed by atoms with Gasteiger partial charge in [-0.2, -0.15) is 0 Å². The Morgan fingerprint density at radius 1 is 1.50 bits per heavy atom. The molecule has 1 saturated heterocycles. The topological polar surface area (TPSA) is 44.4 Å². The molecule has 1 aliphatic carbocycles. The third-order valence-corrected chi connectivity index (χ3v) is 3.91. The molecule has 0 radical (unpaired) electrons. The fourth-order valence-corrected chi connectivity index (χ4v) is 2.56. The summed E-state index contributed by atoms with van der Waals surface area (Å²) in [5.74, 6) is 0.771. The standard InChI is InChI=1S/C14H25N3O/c1-3-7-15-14(18)11(2)16-9-12-6-8-17(10-12)13-4-5-13/h3,11-13,16H,1,4-10H2,2H3,(H,15,18). The lowest BCUT2D eigenvalue weighted by Crippen LogP contribution is -2.44. The minimum atomic E-state index is -0.111. The summed E-state index contributed by atoms with van der Waals surface area (Å²) in [5, 5.41) is 6.15. The number of carbonyl (C=O) groups is 1. The first kappa shape index (κ1) is 13.6. The minimum Gasteiger partial charge on any atom is -0.351 e. The molecule has 0 bridgehead atoms. The molecule has 4 nitrogen and oxygen atoms in total. The Hall–Kier alpha value is -0.870. The van der Waals surface area contributed by atoms with Crippen LogP contribution in [0.3, 0.4) is 0 Å². The molecule has 1 aliphatic heterocycles. The Labute approximate surface area is 110 Å². The smallest absolute Gasteiger partial charge is 0.237 e. The van der Waals surface area contributed by atoms with Gasteiger partial charge in [-0.3, -0.25) is 4.79 Å². The maximum absolute atomic E-state index is 11.7. The van der Waals surface area contributed by atoms with Crippen LogP contribution in [0.5, 0.6) is 0 Å². The molecular weight excluding hydrogens is 226 g/mol. The molecule has 4 heteroatoms. The van der Waals surface area contributed by atoms with Crippen molar-refractivity contribution in [2.45, 2.75) is 38.3 Å². The van der Waals surface area contributed by atoms with Crippen molar-refractivity contribution in [3.63, 3.8) is 0 Å². The van der Waals surface area contributed by atoms with Gasteiger partial charge in [0, 0.05) is 19.1 Å². The van der Waals surface area contributed by atoms with Crippen LogP contribution in [0.2, 0.25) is 0 Å². The highest BCUT2D eigenvalue weighted by molar-refractivity contribution is 5.81. The van der Waals surface area contributed by atoms with E-state index in [0.29, 0.717) is 12.5 Å². The van der Waals surface area contributed by atoms with Gasteiger partial charge < -0.3 is 15.5 Å². The molecule has 2 rings (SSSR count). The van der Waals surface area contributed by atoms with Crippen molar-refractivity contribution in [2.75, 3.05) is 26.2 Å². The summed E-state index contributed by atoms with van der Waals surface area (Å²) in [7, 11) is 0. The zero-order valence-electron chi connectivity index (χ0n) is 11.3. The van der Waals surface area contributed by atoms with Gasteiger partial charge in [0.1, 0.15) is 0 Å². The first-order valence-corrected chi connectivity index (χ1v) is 7.06. The van der Waals surface area contributed by atoms with Gasteiger partial charge in [0.2, 0.25) is 5.91 Å². The molecule has 2 aliphatic rings. The average Bonchev–Trinajstić information content (AvgIpc) is 3.12. The normalized spacial score (nSPS) is 25.9. The van der Waals surface area contributed by atoms with Crippen LogP contribution in [0, 0.1) is 5.92 Å². The second-order valence-electron chi connectivity index (χ2n) is 5.54. The van der Waals surface area contributed by atoms with Gasteiger partial charge in [-0.1, -0.05) is 6.08 Å². The van der Waals surface area contributed by atoms with Crippen LogP contribution in [-0.4, -0.2) is 49.1 Å². The maximum atomic E-state index is 11.7. The highest BCUT2D eigenvalue weighted by Gasteiger charge is 2.34. The zero-order valence-corrected chi connectivity index (χ0v) is 11.3. The van der Waals surface area contributed by atoms with Gasteiger partial charge in [0.05, 0.1) is 6.04 Å². The summed E-state index contributed by atoms with van der Waals surface area (Å²) in [6, 6.07) is 0.767. The van der Waals surface area contributed by atoms with Crippen LogP contribution in [0.25, 0.3) is 0 Å². The highest BCUT2D eigenvalue weighted by atomic mass is 16.2. The van der Waals surface area contributed by atoms with E-state index in [-0.39, 0.29) is 11.9 Å². The van der Waals surface area contributed by atoms with Crippen molar-refractivity contribution in [2.24, 2.45) is 5.92 Å². The molecule has 2 atom stereocenters. The SMILES string of the molecule is C=CCNC(=O)C(C)NCC1CCN(C2CC2)C1. The van der Waals surface area contributed by atoms with E-state index in [4.69, 9.17) is 0 Å². The van der Waals surface area contributed by atoms with Crippen LogP contribution in [0.1, 0.15) is 26.2 Å². The lowest BCUT2D eigenvalue weighted by atomic mass is 10.1. The summed E-state index contributed by atoms with van der Waals surface area (Å²) in [5.41, 5.74) is 0. The second kappa shape index (κ2) is 6.34. The minimum absolute atomic E-state index is 0.0620. The summed E-state index contributed by atoms with van der Waals surface area (Å²) < 4.78 is 0. The van der Waals surface area contributed by atoms with Crippen LogP contribution in [0.15, 0.2) is 12.7 Å². The molecule has 1 saturated carbocycles. The van der Waals surface area contributed by atoms with Crippen LogP contribution in [-0.2, 0) is 4.79 Å². The number of hydrogen-bond acceptors (Lipinski definition) is 3. The molecule has 102 valence electrons. The number of hydrogen-bond donors (Lipinski definition) is 2. The van der Waals surface area contributed by atoms with Crippen LogP contribution in [0.4, 0.5) is 0 Å². The fraction of sp³-hybridized carbons (Fsp3) is 0.786. The molecule has 0 spiro atoms. The number of carbonyl (C=O) groups excluding carboxylic acids is 1.